The zero-order chi connectivity index (χ0) is 26.5. The number of hydrogen-bond acceptors (Lipinski definition) is 2. The van der Waals surface area contributed by atoms with Crippen LogP contribution in [-0.4, -0.2) is 15.0 Å². The molecule has 1 N–H and O–H groups in total. The van der Waals surface area contributed by atoms with Gasteiger partial charge in [-0.1, -0.05) is 86.1 Å². The van der Waals surface area contributed by atoms with E-state index in [4.69, 9.17) is 4.98 Å². The minimum Gasteiger partial charge on any atom is -0.336 e. The molecule has 0 fully saturated rings. The van der Waals surface area contributed by atoms with Crippen molar-refractivity contribution in [2.45, 2.75) is 85.5 Å². The van der Waals surface area contributed by atoms with Crippen LogP contribution in [0.1, 0.15) is 84.6 Å². The van der Waals surface area contributed by atoms with E-state index in [9.17, 15) is 0 Å². The van der Waals surface area contributed by atoms with Gasteiger partial charge in [-0.05, 0) is 76.3 Å². The fourth-order valence-electron chi connectivity index (χ4n) is 4.41. The molecule has 188 valence electrons. The molecule has 4 aromatic rings. The van der Waals surface area contributed by atoms with E-state index in [1.54, 1.807) is 0 Å². The minimum absolute atomic E-state index is 0.0305. The van der Waals surface area contributed by atoms with Crippen LogP contribution in [0.2, 0.25) is 0 Å². The predicted octanol–water partition coefficient (Wildman–Crippen LogP) is 9.01. The SMILES string of the molecule is Cc1cc(-c2nc(-c3ccccn3)[nH]c2-c2cc(C(C)(C)C)cc(C(C)(C)C)c2)cc(C(C)(C)C)c1. The number of pyridine rings is 1. The van der Waals surface area contributed by atoms with Gasteiger partial charge in [0.05, 0.1) is 11.4 Å². The van der Waals surface area contributed by atoms with E-state index >= 15 is 0 Å². The van der Waals surface area contributed by atoms with Crippen LogP contribution >= 0.6 is 0 Å². The van der Waals surface area contributed by atoms with Gasteiger partial charge >= 0.3 is 0 Å². The van der Waals surface area contributed by atoms with Gasteiger partial charge in [0.2, 0.25) is 0 Å². The van der Waals surface area contributed by atoms with Crippen LogP contribution in [0.4, 0.5) is 0 Å². The third-order valence-electron chi connectivity index (χ3n) is 6.78. The molecule has 4 rings (SSSR count). The number of hydrogen-bond donors (Lipinski definition) is 1. The van der Waals surface area contributed by atoms with E-state index in [-0.39, 0.29) is 16.2 Å². The molecular formula is C33H41N3. The highest BCUT2D eigenvalue weighted by atomic mass is 15.0. The van der Waals surface area contributed by atoms with Crippen molar-refractivity contribution in [2.75, 3.05) is 0 Å². The second-order valence-corrected chi connectivity index (χ2v) is 13.2. The van der Waals surface area contributed by atoms with Crippen LogP contribution in [-0.2, 0) is 16.2 Å². The Morgan fingerprint density at radius 3 is 1.72 bits per heavy atom. The fourth-order valence-corrected chi connectivity index (χ4v) is 4.41. The summed E-state index contributed by atoms with van der Waals surface area (Å²) in [6.45, 7) is 22.6. The van der Waals surface area contributed by atoms with Crippen LogP contribution in [0.15, 0.2) is 60.8 Å². The molecule has 0 amide bonds. The average Bonchev–Trinajstić information content (AvgIpc) is 3.23. The summed E-state index contributed by atoms with van der Waals surface area (Å²) in [6.07, 6.45) is 1.82. The Morgan fingerprint density at radius 2 is 1.19 bits per heavy atom. The van der Waals surface area contributed by atoms with Gasteiger partial charge < -0.3 is 4.98 Å². The quantitative estimate of drug-likeness (QED) is 0.318. The molecule has 3 heteroatoms. The van der Waals surface area contributed by atoms with Gasteiger partial charge in [-0.3, -0.25) is 4.98 Å². The Bertz CT molecular complexity index is 1340. The fraction of sp³-hybridized carbons (Fsp3) is 0.394. The third-order valence-corrected chi connectivity index (χ3v) is 6.78. The molecule has 0 unspecified atom stereocenters. The van der Waals surface area contributed by atoms with Gasteiger partial charge in [-0.2, -0.15) is 0 Å². The largest absolute Gasteiger partial charge is 0.336 e. The van der Waals surface area contributed by atoms with Crippen LogP contribution in [0.5, 0.6) is 0 Å². The average molecular weight is 480 g/mol. The number of aromatic nitrogens is 3. The lowest BCUT2D eigenvalue weighted by atomic mass is 9.79. The normalized spacial score (nSPS) is 12.7. The highest BCUT2D eigenvalue weighted by Gasteiger charge is 2.24. The Labute approximate surface area is 217 Å². The lowest BCUT2D eigenvalue weighted by Gasteiger charge is -2.26. The van der Waals surface area contributed by atoms with Gasteiger partial charge in [-0.25, -0.2) is 4.98 Å². The number of aryl methyl sites for hydroxylation is 1. The van der Waals surface area contributed by atoms with Crippen molar-refractivity contribution in [1.29, 1.82) is 0 Å². The molecule has 0 saturated carbocycles. The van der Waals surface area contributed by atoms with Crippen molar-refractivity contribution < 1.29 is 0 Å². The van der Waals surface area contributed by atoms with Crippen molar-refractivity contribution in [3.05, 3.63) is 83.0 Å². The minimum atomic E-state index is 0.0305. The van der Waals surface area contributed by atoms with Crippen LogP contribution in [0, 0.1) is 6.92 Å². The number of H-pyrrole nitrogens is 1. The van der Waals surface area contributed by atoms with Crippen LogP contribution in [0.25, 0.3) is 34.0 Å². The molecule has 3 nitrogen and oxygen atoms in total. The van der Waals surface area contributed by atoms with Gasteiger partial charge in [0.15, 0.2) is 5.82 Å². The zero-order valence-electron chi connectivity index (χ0n) is 23.7. The van der Waals surface area contributed by atoms with E-state index < -0.39 is 0 Å². The summed E-state index contributed by atoms with van der Waals surface area (Å²) in [6, 6.07) is 19.8. The molecule has 2 aromatic heterocycles. The summed E-state index contributed by atoms with van der Waals surface area (Å²) >= 11 is 0. The topological polar surface area (TPSA) is 41.6 Å². The molecule has 0 spiro atoms. The van der Waals surface area contributed by atoms with E-state index in [2.05, 4.69) is 116 Å². The summed E-state index contributed by atoms with van der Waals surface area (Å²) in [5, 5.41) is 0. The van der Waals surface area contributed by atoms with Crippen molar-refractivity contribution in [2.24, 2.45) is 0 Å². The van der Waals surface area contributed by atoms with Crippen molar-refractivity contribution in [3.63, 3.8) is 0 Å². The third kappa shape index (κ3) is 5.46. The van der Waals surface area contributed by atoms with Crippen molar-refractivity contribution in [3.8, 4) is 34.0 Å². The van der Waals surface area contributed by atoms with Crippen LogP contribution < -0.4 is 0 Å². The Morgan fingerprint density at radius 1 is 0.639 bits per heavy atom. The summed E-state index contributed by atoms with van der Waals surface area (Å²) < 4.78 is 0. The Hall–Kier alpha value is -3.20. The molecule has 0 radical (unpaired) electrons. The first-order chi connectivity index (χ1) is 16.6. The molecule has 36 heavy (non-hydrogen) atoms. The maximum Gasteiger partial charge on any atom is 0.157 e. The first-order valence-corrected chi connectivity index (χ1v) is 12.9. The summed E-state index contributed by atoms with van der Waals surface area (Å²) in [5.41, 5.74) is 10.5. The second-order valence-electron chi connectivity index (χ2n) is 13.2. The van der Waals surface area contributed by atoms with Crippen molar-refractivity contribution >= 4 is 0 Å². The number of imidazole rings is 1. The number of rotatable bonds is 3. The van der Waals surface area contributed by atoms with Crippen molar-refractivity contribution in [1.82, 2.24) is 15.0 Å². The lowest BCUT2D eigenvalue weighted by Crippen LogP contribution is -2.16. The number of nitrogens with zero attached hydrogens (tertiary/aromatic N) is 2. The van der Waals surface area contributed by atoms with Crippen LogP contribution in [0.3, 0.4) is 0 Å². The van der Waals surface area contributed by atoms with E-state index in [0.717, 1.165) is 34.0 Å². The molecule has 0 saturated heterocycles. The molecule has 0 atom stereocenters. The van der Waals surface area contributed by atoms with Gasteiger partial charge in [-0.15, -0.1) is 0 Å². The molecule has 0 aliphatic carbocycles. The first kappa shape index (κ1) is 25.9. The summed E-state index contributed by atoms with van der Waals surface area (Å²) in [7, 11) is 0. The molecular weight excluding hydrogens is 438 g/mol. The van der Waals surface area contributed by atoms with E-state index in [1.807, 2.05) is 24.4 Å². The van der Waals surface area contributed by atoms with Gasteiger partial charge in [0, 0.05) is 17.3 Å². The van der Waals surface area contributed by atoms with E-state index in [0.29, 0.717) is 0 Å². The summed E-state index contributed by atoms with van der Waals surface area (Å²) in [5.74, 6) is 0.790. The highest BCUT2D eigenvalue weighted by molar-refractivity contribution is 5.82. The lowest BCUT2D eigenvalue weighted by molar-refractivity contribution is 0.569. The smallest absolute Gasteiger partial charge is 0.157 e. The standard InChI is InChI=1S/C33H41N3/c1-21-15-22(17-24(16-21)31(2,3)4)28-29(36-30(35-28)27-13-11-12-14-34-27)23-18-25(32(5,6)7)20-26(19-23)33(8,9)10/h11-20H,1-10H3,(H,35,36). The Balaban J connectivity index is 2.03. The highest BCUT2D eigenvalue weighted by Crippen LogP contribution is 2.39. The Kier molecular flexibility index (Phi) is 6.49. The first-order valence-electron chi connectivity index (χ1n) is 12.9. The molecule has 0 aliphatic heterocycles. The molecule has 2 heterocycles. The van der Waals surface area contributed by atoms with Gasteiger partial charge in [0.1, 0.15) is 5.69 Å². The number of benzene rings is 2. The molecule has 0 aliphatic rings. The summed E-state index contributed by atoms with van der Waals surface area (Å²) in [4.78, 5) is 13.4. The second kappa shape index (κ2) is 9.03. The molecule has 2 aromatic carbocycles. The molecule has 0 bridgehead atoms. The maximum atomic E-state index is 5.16. The zero-order valence-corrected chi connectivity index (χ0v) is 23.7. The maximum absolute atomic E-state index is 5.16. The van der Waals surface area contributed by atoms with Gasteiger partial charge in [0.25, 0.3) is 0 Å². The monoisotopic (exact) mass is 479 g/mol. The van der Waals surface area contributed by atoms with E-state index in [1.165, 1.54) is 22.3 Å². The number of nitrogens with one attached hydrogen (secondary N) is 1. The number of aromatic amines is 1. The predicted molar refractivity (Wildman–Crippen MR) is 154 cm³/mol.